The lowest BCUT2D eigenvalue weighted by Gasteiger charge is -2.18. The molecule has 0 bridgehead atoms. The first-order valence-electron chi connectivity index (χ1n) is 27.1. The lowest BCUT2D eigenvalue weighted by atomic mass is 10.0. The number of esters is 3. The van der Waals surface area contributed by atoms with Crippen LogP contribution in [0.3, 0.4) is 0 Å². The van der Waals surface area contributed by atoms with Crippen LogP contribution in [0, 0.1) is 17.8 Å². The smallest absolute Gasteiger partial charge is 0.306 e. The minimum absolute atomic E-state index is 0.0646. The maximum Gasteiger partial charge on any atom is 0.306 e. The molecule has 0 heterocycles. The first-order valence-corrected chi connectivity index (χ1v) is 27.1. The summed E-state index contributed by atoms with van der Waals surface area (Å²) in [5, 5.41) is 0. The standard InChI is InChI=1S/C55H106O6/c1-49(2)41-35-29-23-17-13-11-9-7-8-10-12-14-20-26-32-38-44-53(56)59-47-52(61-55(58)46-40-34-28-22-16-19-25-31-37-43-51(5)6)48-60-54(57)45-39-33-27-21-15-18-24-30-36-42-50(3)4/h49-52H,7-48H2,1-6H3/t52-/m0/s1. The van der Waals surface area contributed by atoms with Gasteiger partial charge in [0.15, 0.2) is 6.10 Å². The van der Waals surface area contributed by atoms with Gasteiger partial charge in [0.05, 0.1) is 0 Å². The summed E-state index contributed by atoms with van der Waals surface area (Å²) >= 11 is 0. The lowest BCUT2D eigenvalue weighted by Crippen LogP contribution is -2.30. The Bertz CT molecular complexity index is 945. The molecular formula is C55H106O6. The zero-order chi connectivity index (χ0) is 44.9. The first-order chi connectivity index (χ1) is 29.6. The van der Waals surface area contributed by atoms with E-state index in [1.165, 1.54) is 180 Å². The molecule has 0 unspecified atom stereocenters. The van der Waals surface area contributed by atoms with Crippen molar-refractivity contribution < 1.29 is 28.6 Å². The minimum Gasteiger partial charge on any atom is -0.462 e. The summed E-state index contributed by atoms with van der Waals surface area (Å²) in [6.07, 6.45) is 46.7. The molecule has 0 aliphatic rings. The summed E-state index contributed by atoms with van der Waals surface area (Å²) in [5.74, 6) is 1.62. The zero-order valence-corrected chi connectivity index (χ0v) is 42.0. The van der Waals surface area contributed by atoms with Crippen molar-refractivity contribution in [2.45, 2.75) is 304 Å². The van der Waals surface area contributed by atoms with Crippen molar-refractivity contribution in [2.24, 2.45) is 17.8 Å². The van der Waals surface area contributed by atoms with E-state index in [2.05, 4.69) is 41.5 Å². The van der Waals surface area contributed by atoms with Crippen LogP contribution in [0.4, 0.5) is 0 Å². The van der Waals surface area contributed by atoms with E-state index < -0.39 is 6.10 Å². The molecule has 0 aliphatic carbocycles. The van der Waals surface area contributed by atoms with E-state index in [0.29, 0.717) is 19.3 Å². The van der Waals surface area contributed by atoms with E-state index in [9.17, 15) is 14.4 Å². The molecule has 0 fully saturated rings. The number of rotatable bonds is 48. The van der Waals surface area contributed by atoms with E-state index in [1.807, 2.05) is 0 Å². The number of hydrogen-bond donors (Lipinski definition) is 0. The van der Waals surface area contributed by atoms with Gasteiger partial charge < -0.3 is 14.2 Å². The number of ether oxygens (including phenoxy) is 3. The van der Waals surface area contributed by atoms with Gasteiger partial charge in [0, 0.05) is 19.3 Å². The second-order valence-corrected chi connectivity index (χ2v) is 20.3. The maximum absolute atomic E-state index is 12.8. The Morgan fingerprint density at radius 3 is 0.705 bits per heavy atom. The molecule has 0 aromatic rings. The number of unbranched alkanes of at least 4 members (excludes halogenated alkanes) is 31. The van der Waals surface area contributed by atoms with Crippen LogP contribution in [0.2, 0.25) is 0 Å². The zero-order valence-electron chi connectivity index (χ0n) is 42.0. The van der Waals surface area contributed by atoms with Crippen LogP contribution in [0.25, 0.3) is 0 Å². The maximum atomic E-state index is 12.8. The molecule has 0 aromatic heterocycles. The van der Waals surface area contributed by atoms with Gasteiger partial charge in [-0.2, -0.15) is 0 Å². The fourth-order valence-corrected chi connectivity index (χ4v) is 8.29. The number of hydrogen-bond acceptors (Lipinski definition) is 6. The molecule has 0 rings (SSSR count). The van der Waals surface area contributed by atoms with E-state index in [0.717, 1.165) is 75.5 Å². The van der Waals surface area contributed by atoms with E-state index in [-0.39, 0.29) is 31.1 Å². The van der Waals surface area contributed by atoms with Crippen LogP contribution in [0.15, 0.2) is 0 Å². The van der Waals surface area contributed by atoms with Crippen LogP contribution >= 0.6 is 0 Å². The third-order valence-corrected chi connectivity index (χ3v) is 12.4. The predicted molar refractivity (Wildman–Crippen MR) is 261 cm³/mol. The molecule has 0 N–H and O–H groups in total. The Balaban J connectivity index is 4.26. The fraction of sp³-hybridized carbons (Fsp3) is 0.945. The summed E-state index contributed by atoms with van der Waals surface area (Å²) in [4.78, 5) is 38.0. The van der Waals surface area contributed by atoms with Crippen molar-refractivity contribution in [1.29, 1.82) is 0 Å². The number of carbonyl (C=O) groups is 3. The first kappa shape index (κ1) is 59.4. The molecule has 6 heteroatoms. The van der Waals surface area contributed by atoms with Gasteiger partial charge in [-0.05, 0) is 37.0 Å². The van der Waals surface area contributed by atoms with Crippen molar-refractivity contribution in [3.63, 3.8) is 0 Å². The molecule has 6 nitrogen and oxygen atoms in total. The van der Waals surface area contributed by atoms with Crippen molar-refractivity contribution in [3.05, 3.63) is 0 Å². The molecule has 0 aliphatic heterocycles. The molecule has 0 spiro atoms. The van der Waals surface area contributed by atoms with Crippen molar-refractivity contribution in [1.82, 2.24) is 0 Å². The monoisotopic (exact) mass is 863 g/mol. The third-order valence-electron chi connectivity index (χ3n) is 12.4. The van der Waals surface area contributed by atoms with Crippen LogP contribution in [0.1, 0.15) is 298 Å². The third kappa shape index (κ3) is 49.3. The van der Waals surface area contributed by atoms with E-state index in [4.69, 9.17) is 14.2 Å². The molecule has 61 heavy (non-hydrogen) atoms. The predicted octanol–water partition coefficient (Wildman–Crippen LogP) is 17.6. The minimum atomic E-state index is -0.763. The Labute approximate surface area is 380 Å². The average Bonchev–Trinajstić information content (AvgIpc) is 3.22. The van der Waals surface area contributed by atoms with E-state index >= 15 is 0 Å². The Kier molecular flexibility index (Phi) is 45.2. The number of carbonyl (C=O) groups excluding carboxylic acids is 3. The molecule has 0 aromatic carbocycles. The van der Waals surface area contributed by atoms with Crippen molar-refractivity contribution >= 4 is 17.9 Å². The molecule has 1 atom stereocenters. The van der Waals surface area contributed by atoms with Gasteiger partial charge in [-0.3, -0.25) is 14.4 Å². The molecular weight excluding hydrogens is 757 g/mol. The van der Waals surface area contributed by atoms with Crippen LogP contribution in [0.5, 0.6) is 0 Å². The van der Waals surface area contributed by atoms with Crippen LogP contribution in [-0.2, 0) is 28.6 Å². The SMILES string of the molecule is CC(C)CCCCCCCCCCCCCCCCCCC(=O)OC[C@@H](COC(=O)CCCCCCCCCCCC(C)C)OC(=O)CCCCCCCCCCCC(C)C. The summed E-state index contributed by atoms with van der Waals surface area (Å²) < 4.78 is 16.8. The topological polar surface area (TPSA) is 78.9 Å². The van der Waals surface area contributed by atoms with Crippen molar-refractivity contribution in [3.8, 4) is 0 Å². The van der Waals surface area contributed by atoms with Gasteiger partial charge in [-0.25, -0.2) is 0 Å². The highest BCUT2D eigenvalue weighted by Crippen LogP contribution is 2.18. The summed E-state index contributed by atoms with van der Waals surface area (Å²) in [6.45, 7) is 13.7. The van der Waals surface area contributed by atoms with Crippen LogP contribution < -0.4 is 0 Å². The van der Waals surface area contributed by atoms with Crippen LogP contribution in [-0.4, -0.2) is 37.2 Å². The summed E-state index contributed by atoms with van der Waals surface area (Å²) in [7, 11) is 0. The van der Waals surface area contributed by atoms with Gasteiger partial charge in [0.2, 0.25) is 0 Å². The summed E-state index contributed by atoms with van der Waals surface area (Å²) in [5.41, 5.74) is 0. The van der Waals surface area contributed by atoms with Gasteiger partial charge in [-0.15, -0.1) is 0 Å². The lowest BCUT2D eigenvalue weighted by molar-refractivity contribution is -0.167. The second-order valence-electron chi connectivity index (χ2n) is 20.3. The Morgan fingerprint density at radius 2 is 0.475 bits per heavy atom. The van der Waals surface area contributed by atoms with Gasteiger partial charge in [0.1, 0.15) is 13.2 Å². The highest BCUT2D eigenvalue weighted by atomic mass is 16.6. The molecule has 0 saturated carbocycles. The molecule has 0 amide bonds. The largest absolute Gasteiger partial charge is 0.462 e. The average molecular weight is 863 g/mol. The highest BCUT2D eigenvalue weighted by molar-refractivity contribution is 5.71. The second kappa shape index (κ2) is 46.4. The van der Waals surface area contributed by atoms with Gasteiger partial charge in [-0.1, -0.05) is 260 Å². The Hall–Kier alpha value is -1.59. The Morgan fingerprint density at radius 1 is 0.279 bits per heavy atom. The van der Waals surface area contributed by atoms with Crippen molar-refractivity contribution in [2.75, 3.05) is 13.2 Å². The van der Waals surface area contributed by atoms with Gasteiger partial charge >= 0.3 is 17.9 Å². The summed E-state index contributed by atoms with van der Waals surface area (Å²) in [6, 6.07) is 0. The molecule has 0 saturated heterocycles. The quantitative estimate of drug-likeness (QED) is 0.0344. The normalized spacial score (nSPS) is 12.1. The van der Waals surface area contributed by atoms with Gasteiger partial charge in [0.25, 0.3) is 0 Å². The highest BCUT2D eigenvalue weighted by Gasteiger charge is 2.19. The molecule has 0 radical (unpaired) electrons. The fourth-order valence-electron chi connectivity index (χ4n) is 8.29. The molecule has 362 valence electrons. The van der Waals surface area contributed by atoms with E-state index in [1.54, 1.807) is 0 Å².